The Balaban J connectivity index is 2.00. The van der Waals surface area contributed by atoms with Gasteiger partial charge in [-0.05, 0) is 62.7 Å². The highest BCUT2D eigenvalue weighted by molar-refractivity contribution is 9.10. The van der Waals surface area contributed by atoms with E-state index in [4.69, 9.17) is 16.3 Å². The maximum absolute atomic E-state index is 11.8. The molecule has 0 saturated heterocycles. The highest BCUT2D eigenvalue weighted by Gasteiger charge is 2.16. The molecular formula is C18H20BrClN2O2. The minimum atomic E-state index is -0.530. The monoisotopic (exact) mass is 410 g/mol. The Morgan fingerprint density at radius 2 is 1.88 bits per heavy atom. The van der Waals surface area contributed by atoms with Gasteiger partial charge in [0.2, 0.25) is 0 Å². The highest BCUT2D eigenvalue weighted by atomic mass is 79.9. The second-order valence-electron chi connectivity index (χ2n) is 6.30. The van der Waals surface area contributed by atoms with Gasteiger partial charge in [-0.1, -0.05) is 33.6 Å². The van der Waals surface area contributed by atoms with Gasteiger partial charge in [0.05, 0.1) is 0 Å². The average molecular weight is 412 g/mol. The number of ether oxygens (including phenoxy) is 1. The van der Waals surface area contributed by atoms with Crippen LogP contribution in [0.1, 0.15) is 26.3 Å². The zero-order valence-corrected chi connectivity index (χ0v) is 16.2. The zero-order chi connectivity index (χ0) is 17.7. The number of carbonyl (C=O) groups excluding carboxylic acids is 1. The number of halogens is 2. The topological polar surface area (TPSA) is 50.4 Å². The molecule has 0 heterocycles. The van der Waals surface area contributed by atoms with E-state index in [0.717, 1.165) is 15.7 Å². The number of benzene rings is 2. The van der Waals surface area contributed by atoms with Crippen molar-refractivity contribution in [3.8, 4) is 0 Å². The van der Waals surface area contributed by atoms with E-state index in [1.807, 2.05) is 57.2 Å². The van der Waals surface area contributed by atoms with Crippen LogP contribution in [0.15, 0.2) is 46.9 Å². The summed E-state index contributed by atoms with van der Waals surface area (Å²) in [4.78, 5) is 11.8. The van der Waals surface area contributed by atoms with Crippen molar-refractivity contribution in [1.82, 2.24) is 0 Å². The largest absolute Gasteiger partial charge is 0.444 e. The van der Waals surface area contributed by atoms with Crippen LogP contribution in [0, 0.1) is 0 Å². The normalized spacial score (nSPS) is 11.0. The highest BCUT2D eigenvalue weighted by Crippen LogP contribution is 2.23. The summed E-state index contributed by atoms with van der Waals surface area (Å²) < 4.78 is 6.22. The standard InChI is InChI=1S/C18H20BrClN2O2/c1-18(2,3)24-17(23)22-15-6-4-5-14(10-15)21-11-12-9-13(19)7-8-16(12)20/h4-10,21H,11H2,1-3H3,(H,22,23). The van der Waals surface area contributed by atoms with Crippen LogP contribution in [0.2, 0.25) is 5.02 Å². The quantitative estimate of drug-likeness (QED) is 0.642. The predicted octanol–water partition coefficient (Wildman–Crippen LogP) is 6.06. The maximum atomic E-state index is 11.8. The van der Waals surface area contributed by atoms with Crippen molar-refractivity contribution >= 4 is 45.0 Å². The van der Waals surface area contributed by atoms with Crippen LogP contribution in [0.5, 0.6) is 0 Å². The SMILES string of the molecule is CC(C)(C)OC(=O)Nc1cccc(NCc2cc(Br)ccc2Cl)c1. The first-order chi connectivity index (χ1) is 11.2. The van der Waals surface area contributed by atoms with Crippen LogP contribution in [0.4, 0.5) is 16.2 Å². The summed E-state index contributed by atoms with van der Waals surface area (Å²) in [6, 6.07) is 13.2. The van der Waals surface area contributed by atoms with Crippen molar-refractivity contribution in [2.45, 2.75) is 32.9 Å². The average Bonchev–Trinajstić information content (AvgIpc) is 2.46. The fourth-order valence-electron chi connectivity index (χ4n) is 2.00. The van der Waals surface area contributed by atoms with E-state index < -0.39 is 11.7 Å². The van der Waals surface area contributed by atoms with Gasteiger partial charge in [0.15, 0.2) is 0 Å². The van der Waals surface area contributed by atoms with Crippen molar-refractivity contribution in [2.24, 2.45) is 0 Å². The summed E-state index contributed by atoms with van der Waals surface area (Å²) in [5.41, 5.74) is 1.99. The maximum Gasteiger partial charge on any atom is 0.412 e. The summed E-state index contributed by atoms with van der Waals surface area (Å²) in [6.45, 7) is 6.05. The van der Waals surface area contributed by atoms with Gasteiger partial charge in [-0.15, -0.1) is 0 Å². The number of anilines is 2. The third kappa shape index (κ3) is 6.06. The van der Waals surface area contributed by atoms with E-state index in [9.17, 15) is 4.79 Å². The van der Waals surface area contributed by atoms with E-state index in [1.165, 1.54) is 0 Å². The Morgan fingerprint density at radius 1 is 1.17 bits per heavy atom. The summed E-state index contributed by atoms with van der Waals surface area (Å²) in [5.74, 6) is 0. The molecule has 2 rings (SSSR count). The molecule has 0 atom stereocenters. The van der Waals surface area contributed by atoms with E-state index in [1.54, 1.807) is 6.07 Å². The molecule has 2 N–H and O–H groups in total. The van der Waals surface area contributed by atoms with Crippen LogP contribution in [0.3, 0.4) is 0 Å². The van der Waals surface area contributed by atoms with Crippen LogP contribution in [-0.4, -0.2) is 11.7 Å². The first-order valence-electron chi connectivity index (χ1n) is 7.51. The minimum absolute atomic E-state index is 0.477. The fraction of sp³-hybridized carbons (Fsp3) is 0.278. The lowest BCUT2D eigenvalue weighted by molar-refractivity contribution is 0.0636. The van der Waals surface area contributed by atoms with Crippen LogP contribution in [0.25, 0.3) is 0 Å². The minimum Gasteiger partial charge on any atom is -0.444 e. The lowest BCUT2D eigenvalue weighted by Gasteiger charge is -2.19. The first-order valence-corrected chi connectivity index (χ1v) is 8.68. The van der Waals surface area contributed by atoms with Crippen molar-refractivity contribution in [3.05, 3.63) is 57.5 Å². The van der Waals surface area contributed by atoms with Gasteiger partial charge >= 0.3 is 6.09 Å². The van der Waals surface area contributed by atoms with Crippen molar-refractivity contribution in [2.75, 3.05) is 10.6 Å². The molecule has 0 bridgehead atoms. The molecule has 0 aliphatic carbocycles. The van der Waals surface area contributed by atoms with Crippen molar-refractivity contribution in [3.63, 3.8) is 0 Å². The molecule has 2 aromatic carbocycles. The number of hydrogen-bond acceptors (Lipinski definition) is 3. The third-order valence-corrected chi connectivity index (χ3v) is 3.86. The number of amides is 1. The molecule has 6 heteroatoms. The van der Waals surface area contributed by atoms with Gasteiger partial charge in [0, 0.05) is 27.4 Å². The zero-order valence-electron chi connectivity index (χ0n) is 13.8. The number of rotatable bonds is 4. The van der Waals surface area contributed by atoms with Gasteiger partial charge in [0.25, 0.3) is 0 Å². The number of carbonyl (C=O) groups is 1. The van der Waals surface area contributed by atoms with E-state index in [2.05, 4.69) is 26.6 Å². The van der Waals surface area contributed by atoms with E-state index in [-0.39, 0.29) is 0 Å². The Morgan fingerprint density at radius 3 is 2.58 bits per heavy atom. The third-order valence-electron chi connectivity index (χ3n) is 3.00. The van der Waals surface area contributed by atoms with Crippen molar-refractivity contribution in [1.29, 1.82) is 0 Å². The molecule has 2 aromatic rings. The van der Waals surface area contributed by atoms with Gasteiger partial charge in [-0.2, -0.15) is 0 Å². The fourth-order valence-corrected chi connectivity index (χ4v) is 2.60. The Hall–Kier alpha value is -1.72. The number of nitrogens with one attached hydrogen (secondary N) is 2. The lowest BCUT2D eigenvalue weighted by atomic mass is 10.2. The van der Waals surface area contributed by atoms with Crippen LogP contribution < -0.4 is 10.6 Å². The molecule has 0 saturated carbocycles. The lowest BCUT2D eigenvalue weighted by Crippen LogP contribution is -2.27. The van der Waals surface area contributed by atoms with E-state index >= 15 is 0 Å². The molecule has 0 aliphatic rings. The van der Waals surface area contributed by atoms with Crippen molar-refractivity contribution < 1.29 is 9.53 Å². The van der Waals surface area contributed by atoms with Gasteiger partial charge < -0.3 is 10.1 Å². The Labute approximate surface area is 155 Å². The van der Waals surface area contributed by atoms with Gasteiger partial charge in [0.1, 0.15) is 5.60 Å². The predicted molar refractivity (Wildman–Crippen MR) is 103 cm³/mol. The smallest absolute Gasteiger partial charge is 0.412 e. The van der Waals surface area contributed by atoms with Gasteiger partial charge in [-0.25, -0.2) is 4.79 Å². The molecule has 4 nitrogen and oxygen atoms in total. The first kappa shape index (κ1) is 18.6. The summed E-state index contributed by atoms with van der Waals surface area (Å²) in [5, 5.41) is 6.72. The summed E-state index contributed by atoms with van der Waals surface area (Å²) in [6.07, 6.45) is -0.477. The number of hydrogen-bond donors (Lipinski definition) is 2. The molecule has 0 fully saturated rings. The summed E-state index contributed by atoms with van der Waals surface area (Å²) in [7, 11) is 0. The second kappa shape index (κ2) is 7.90. The van der Waals surface area contributed by atoms with Crippen LogP contribution in [-0.2, 0) is 11.3 Å². The molecule has 1 amide bonds. The molecule has 0 radical (unpaired) electrons. The molecular weight excluding hydrogens is 392 g/mol. The second-order valence-corrected chi connectivity index (χ2v) is 7.62. The molecule has 0 aromatic heterocycles. The van der Waals surface area contributed by atoms with E-state index in [0.29, 0.717) is 17.3 Å². The molecule has 128 valence electrons. The molecule has 0 spiro atoms. The Bertz CT molecular complexity index is 729. The molecule has 0 aliphatic heterocycles. The van der Waals surface area contributed by atoms with Gasteiger partial charge in [-0.3, -0.25) is 5.32 Å². The molecule has 24 heavy (non-hydrogen) atoms. The molecule has 0 unspecified atom stereocenters. The summed E-state index contributed by atoms with van der Waals surface area (Å²) >= 11 is 9.63. The Kier molecular flexibility index (Phi) is 6.13. The van der Waals surface area contributed by atoms with Crippen LogP contribution >= 0.6 is 27.5 Å².